The van der Waals surface area contributed by atoms with E-state index in [0.29, 0.717) is 18.8 Å². The van der Waals surface area contributed by atoms with Crippen LogP contribution < -0.4 is 10.6 Å². The summed E-state index contributed by atoms with van der Waals surface area (Å²) >= 11 is 0. The Morgan fingerprint density at radius 2 is 2.29 bits per heavy atom. The topological polar surface area (TPSA) is 63.2 Å². The van der Waals surface area contributed by atoms with Crippen LogP contribution in [0.25, 0.3) is 0 Å². The third kappa shape index (κ3) is 4.82. The van der Waals surface area contributed by atoms with Crippen LogP contribution in [-0.2, 0) is 4.74 Å². The van der Waals surface area contributed by atoms with Crippen LogP contribution in [-0.4, -0.2) is 37.7 Å². The van der Waals surface area contributed by atoms with Gasteiger partial charge in [-0.1, -0.05) is 0 Å². The monoisotopic (exact) mass is 237 g/mol. The van der Waals surface area contributed by atoms with Crippen molar-refractivity contribution in [3.05, 3.63) is 24.0 Å². The van der Waals surface area contributed by atoms with E-state index < -0.39 is 0 Å². The molecule has 0 aliphatic heterocycles. The van der Waals surface area contributed by atoms with Gasteiger partial charge >= 0.3 is 0 Å². The van der Waals surface area contributed by atoms with Gasteiger partial charge in [0.2, 0.25) is 0 Å². The lowest BCUT2D eigenvalue weighted by Gasteiger charge is -2.05. The first-order valence-corrected chi connectivity index (χ1v) is 5.75. The van der Waals surface area contributed by atoms with Crippen molar-refractivity contribution >= 4 is 11.6 Å². The molecule has 1 amide bonds. The van der Waals surface area contributed by atoms with E-state index in [4.69, 9.17) is 4.74 Å². The molecule has 1 heterocycles. The minimum absolute atomic E-state index is 0.149. The van der Waals surface area contributed by atoms with Crippen LogP contribution in [0.15, 0.2) is 18.3 Å². The second-order valence-electron chi connectivity index (χ2n) is 3.56. The summed E-state index contributed by atoms with van der Waals surface area (Å²) in [6, 6.07) is 3.56. The largest absolute Gasteiger partial charge is 0.385 e. The summed E-state index contributed by atoms with van der Waals surface area (Å²) in [5, 5.41) is 5.91. The molecule has 1 aromatic heterocycles. The Morgan fingerprint density at radius 3 is 2.88 bits per heavy atom. The fourth-order valence-corrected chi connectivity index (χ4v) is 1.35. The molecule has 0 spiro atoms. The predicted molar refractivity (Wildman–Crippen MR) is 67.2 cm³/mol. The molecule has 0 aliphatic rings. The van der Waals surface area contributed by atoms with Crippen LogP contribution in [0.2, 0.25) is 0 Å². The molecule has 0 unspecified atom stereocenters. The highest BCUT2D eigenvalue weighted by Gasteiger charge is 2.05. The van der Waals surface area contributed by atoms with Gasteiger partial charge in [-0.3, -0.25) is 4.79 Å². The number of ether oxygens (including phenoxy) is 1. The van der Waals surface area contributed by atoms with E-state index in [1.165, 1.54) is 0 Å². The predicted octanol–water partition coefficient (Wildman–Crippen LogP) is 1.28. The highest BCUT2D eigenvalue weighted by atomic mass is 16.5. The molecule has 0 fully saturated rings. The fourth-order valence-electron chi connectivity index (χ4n) is 1.35. The number of aromatic nitrogens is 1. The van der Waals surface area contributed by atoms with Gasteiger partial charge in [0, 0.05) is 26.8 Å². The SMILES string of the molecule is CCNc1ccc(C(=O)NCCCOC)nc1. The zero-order valence-corrected chi connectivity index (χ0v) is 10.3. The number of hydrogen-bond acceptors (Lipinski definition) is 4. The Labute approximate surface area is 102 Å². The first-order chi connectivity index (χ1) is 8.27. The molecule has 1 aromatic rings. The van der Waals surface area contributed by atoms with E-state index in [1.807, 2.05) is 13.0 Å². The Kier molecular flexibility index (Phi) is 6.03. The molecule has 94 valence electrons. The number of carbonyl (C=O) groups is 1. The third-order valence-corrected chi connectivity index (χ3v) is 2.19. The van der Waals surface area contributed by atoms with Crippen molar-refractivity contribution in [2.45, 2.75) is 13.3 Å². The van der Waals surface area contributed by atoms with E-state index in [1.54, 1.807) is 19.4 Å². The van der Waals surface area contributed by atoms with Gasteiger partial charge in [0.15, 0.2) is 0 Å². The third-order valence-electron chi connectivity index (χ3n) is 2.19. The first kappa shape index (κ1) is 13.4. The van der Waals surface area contributed by atoms with E-state index in [0.717, 1.165) is 18.7 Å². The minimum Gasteiger partial charge on any atom is -0.385 e. The molecule has 17 heavy (non-hydrogen) atoms. The van der Waals surface area contributed by atoms with Crippen LogP contribution in [0.4, 0.5) is 5.69 Å². The van der Waals surface area contributed by atoms with Gasteiger partial charge in [0.05, 0.1) is 11.9 Å². The smallest absolute Gasteiger partial charge is 0.269 e. The van der Waals surface area contributed by atoms with Gasteiger partial charge < -0.3 is 15.4 Å². The summed E-state index contributed by atoms with van der Waals surface area (Å²) in [4.78, 5) is 15.7. The number of hydrogen-bond donors (Lipinski definition) is 2. The lowest BCUT2D eigenvalue weighted by molar-refractivity contribution is 0.0943. The van der Waals surface area contributed by atoms with Gasteiger partial charge in [0.25, 0.3) is 5.91 Å². The molecule has 5 nitrogen and oxygen atoms in total. The maximum atomic E-state index is 11.6. The maximum Gasteiger partial charge on any atom is 0.269 e. The fraction of sp³-hybridized carbons (Fsp3) is 0.500. The molecule has 5 heteroatoms. The number of amides is 1. The van der Waals surface area contributed by atoms with E-state index >= 15 is 0 Å². The van der Waals surface area contributed by atoms with Gasteiger partial charge in [-0.25, -0.2) is 4.98 Å². The normalized spacial score (nSPS) is 10.0. The number of nitrogens with zero attached hydrogens (tertiary/aromatic N) is 1. The highest BCUT2D eigenvalue weighted by molar-refractivity contribution is 5.92. The average Bonchev–Trinajstić information content (AvgIpc) is 2.36. The number of methoxy groups -OCH3 is 1. The van der Waals surface area contributed by atoms with E-state index in [-0.39, 0.29) is 5.91 Å². The molecule has 0 aromatic carbocycles. The standard InChI is InChI=1S/C12H19N3O2/c1-3-13-10-5-6-11(15-9-10)12(16)14-7-4-8-17-2/h5-6,9,13H,3-4,7-8H2,1-2H3,(H,14,16). The summed E-state index contributed by atoms with van der Waals surface area (Å²) in [6.45, 7) is 4.09. The molecular formula is C12H19N3O2. The molecule has 0 bridgehead atoms. The van der Waals surface area contributed by atoms with Crippen LogP contribution in [0.1, 0.15) is 23.8 Å². The number of anilines is 1. The molecule has 0 radical (unpaired) electrons. The Morgan fingerprint density at radius 1 is 1.47 bits per heavy atom. The Hall–Kier alpha value is -1.62. The molecule has 2 N–H and O–H groups in total. The zero-order valence-electron chi connectivity index (χ0n) is 10.3. The number of carbonyl (C=O) groups excluding carboxylic acids is 1. The maximum absolute atomic E-state index is 11.6. The van der Waals surface area contributed by atoms with Crippen molar-refractivity contribution in [1.82, 2.24) is 10.3 Å². The molecule has 0 saturated heterocycles. The molecule has 0 aliphatic carbocycles. The molecular weight excluding hydrogens is 218 g/mol. The van der Waals surface area contributed by atoms with Crippen molar-refractivity contribution < 1.29 is 9.53 Å². The van der Waals surface area contributed by atoms with Crippen molar-refractivity contribution in [1.29, 1.82) is 0 Å². The average molecular weight is 237 g/mol. The summed E-state index contributed by atoms with van der Waals surface area (Å²) in [5.41, 5.74) is 1.35. The van der Waals surface area contributed by atoms with Gasteiger partial charge in [0.1, 0.15) is 5.69 Å². The summed E-state index contributed by atoms with van der Waals surface area (Å²) < 4.78 is 4.90. The van der Waals surface area contributed by atoms with Crippen LogP contribution in [0.3, 0.4) is 0 Å². The van der Waals surface area contributed by atoms with E-state index in [9.17, 15) is 4.79 Å². The van der Waals surface area contributed by atoms with Crippen LogP contribution in [0, 0.1) is 0 Å². The Bertz CT molecular complexity index is 338. The first-order valence-electron chi connectivity index (χ1n) is 5.75. The number of rotatable bonds is 7. The van der Waals surface area contributed by atoms with Crippen molar-refractivity contribution in [3.8, 4) is 0 Å². The number of nitrogens with one attached hydrogen (secondary N) is 2. The molecule has 0 saturated carbocycles. The lowest BCUT2D eigenvalue weighted by atomic mass is 10.3. The second-order valence-corrected chi connectivity index (χ2v) is 3.56. The van der Waals surface area contributed by atoms with Gasteiger partial charge in [-0.2, -0.15) is 0 Å². The Balaban J connectivity index is 2.40. The van der Waals surface area contributed by atoms with Crippen LogP contribution in [0.5, 0.6) is 0 Å². The quantitative estimate of drug-likeness (QED) is 0.701. The van der Waals surface area contributed by atoms with Crippen molar-refractivity contribution in [3.63, 3.8) is 0 Å². The highest BCUT2D eigenvalue weighted by Crippen LogP contribution is 2.05. The second kappa shape index (κ2) is 7.62. The van der Waals surface area contributed by atoms with Crippen molar-refractivity contribution in [2.75, 3.05) is 32.1 Å². The summed E-state index contributed by atoms with van der Waals surface area (Å²) in [7, 11) is 1.64. The molecule has 0 atom stereocenters. The lowest BCUT2D eigenvalue weighted by Crippen LogP contribution is -2.26. The molecule has 1 rings (SSSR count). The van der Waals surface area contributed by atoms with Gasteiger partial charge in [-0.15, -0.1) is 0 Å². The summed E-state index contributed by atoms with van der Waals surface area (Å²) in [6.07, 6.45) is 2.46. The minimum atomic E-state index is -0.149. The van der Waals surface area contributed by atoms with Crippen molar-refractivity contribution in [2.24, 2.45) is 0 Å². The summed E-state index contributed by atoms with van der Waals surface area (Å²) in [5.74, 6) is -0.149. The van der Waals surface area contributed by atoms with Crippen LogP contribution >= 0.6 is 0 Å². The number of pyridine rings is 1. The zero-order chi connectivity index (χ0) is 12.5. The van der Waals surface area contributed by atoms with Gasteiger partial charge in [-0.05, 0) is 25.5 Å². The van der Waals surface area contributed by atoms with E-state index in [2.05, 4.69) is 15.6 Å².